The molecule has 31 heavy (non-hydrogen) atoms. The van der Waals surface area contributed by atoms with Gasteiger partial charge in [0.2, 0.25) is 0 Å². The third-order valence-electron chi connectivity index (χ3n) is 5.01. The van der Waals surface area contributed by atoms with Crippen molar-refractivity contribution in [2.45, 2.75) is 13.3 Å². The van der Waals surface area contributed by atoms with Crippen LogP contribution in [0.4, 0.5) is 9.18 Å². The average Bonchev–Trinajstić information content (AvgIpc) is 3.00. The van der Waals surface area contributed by atoms with E-state index in [0.29, 0.717) is 38.9 Å². The number of aromatic nitrogens is 1. The van der Waals surface area contributed by atoms with Crippen LogP contribution in [0.15, 0.2) is 54.4 Å². The number of hydrogen-bond acceptors (Lipinski definition) is 3. The van der Waals surface area contributed by atoms with Gasteiger partial charge in [0.05, 0.1) is 5.52 Å². The van der Waals surface area contributed by atoms with E-state index in [-0.39, 0.29) is 37.1 Å². The van der Waals surface area contributed by atoms with Crippen molar-refractivity contribution in [2.75, 3.05) is 20.6 Å². The van der Waals surface area contributed by atoms with Crippen LogP contribution in [0.25, 0.3) is 22.0 Å². The summed E-state index contributed by atoms with van der Waals surface area (Å²) in [5, 5.41) is 10.4. The highest BCUT2D eigenvalue weighted by Gasteiger charge is 2.22. The number of carbonyl (C=O) groups excluding carboxylic acids is 1. The molecule has 3 N–H and O–H groups in total. The molecule has 0 saturated heterocycles. The number of hydrogen-bond donors (Lipinski definition) is 2. The number of carbonyl (C=O) groups is 2. The Morgan fingerprint density at radius 2 is 1.87 bits per heavy atom. The van der Waals surface area contributed by atoms with Gasteiger partial charge in [-0.1, -0.05) is 24.3 Å². The zero-order chi connectivity index (χ0) is 22.0. The SMILES string of the molecule is Cc1c(-c2cccc(C(=O)N(C)C)c2)c2c(CC(F)=CCN)cccc2n1C(=O)O.Cl. The van der Waals surface area contributed by atoms with E-state index in [1.54, 1.807) is 57.4 Å². The number of rotatable bonds is 5. The first-order valence-electron chi connectivity index (χ1n) is 9.49. The maximum Gasteiger partial charge on any atom is 0.416 e. The van der Waals surface area contributed by atoms with Gasteiger partial charge >= 0.3 is 6.09 Å². The highest BCUT2D eigenvalue weighted by molar-refractivity contribution is 6.05. The molecule has 1 heterocycles. The van der Waals surface area contributed by atoms with Crippen LogP contribution in [0.3, 0.4) is 0 Å². The number of fused-ring (bicyclic) bond motifs is 1. The average molecular weight is 446 g/mol. The van der Waals surface area contributed by atoms with Crippen LogP contribution in [0.1, 0.15) is 21.6 Å². The monoisotopic (exact) mass is 445 g/mol. The van der Waals surface area contributed by atoms with Crippen molar-refractivity contribution in [3.8, 4) is 11.1 Å². The predicted molar refractivity (Wildman–Crippen MR) is 123 cm³/mol. The van der Waals surface area contributed by atoms with Crippen molar-refractivity contribution in [3.05, 3.63) is 71.2 Å². The Morgan fingerprint density at radius 3 is 2.48 bits per heavy atom. The van der Waals surface area contributed by atoms with E-state index in [1.165, 1.54) is 15.5 Å². The zero-order valence-electron chi connectivity index (χ0n) is 17.6. The Kier molecular flexibility index (Phi) is 7.60. The molecule has 0 bridgehead atoms. The summed E-state index contributed by atoms with van der Waals surface area (Å²) in [6.07, 6.45) is 0.177. The van der Waals surface area contributed by atoms with Gasteiger partial charge in [-0.05, 0) is 42.3 Å². The highest BCUT2D eigenvalue weighted by atomic mass is 35.5. The Morgan fingerprint density at radius 1 is 1.19 bits per heavy atom. The van der Waals surface area contributed by atoms with Gasteiger partial charge in [0.1, 0.15) is 5.83 Å². The minimum absolute atomic E-state index is 0. The molecule has 0 saturated carbocycles. The molecule has 8 heteroatoms. The number of carboxylic acid groups (broad SMARTS) is 1. The maximum absolute atomic E-state index is 14.3. The van der Waals surface area contributed by atoms with E-state index in [2.05, 4.69) is 0 Å². The summed E-state index contributed by atoms with van der Waals surface area (Å²) in [6, 6.07) is 12.2. The van der Waals surface area contributed by atoms with E-state index >= 15 is 0 Å². The lowest BCUT2D eigenvalue weighted by atomic mass is 9.95. The fourth-order valence-corrected chi connectivity index (χ4v) is 3.73. The normalized spacial score (nSPS) is 11.3. The van der Waals surface area contributed by atoms with Crippen LogP contribution in [-0.2, 0) is 6.42 Å². The maximum atomic E-state index is 14.3. The number of nitrogens with zero attached hydrogens (tertiary/aromatic N) is 2. The Bertz CT molecular complexity index is 1170. The molecule has 0 aliphatic heterocycles. The molecule has 1 aromatic heterocycles. The van der Waals surface area contributed by atoms with Crippen molar-refractivity contribution in [1.82, 2.24) is 9.47 Å². The van der Waals surface area contributed by atoms with Gasteiger partial charge in [-0.2, -0.15) is 0 Å². The third-order valence-corrected chi connectivity index (χ3v) is 5.01. The lowest BCUT2D eigenvalue weighted by molar-refractivity contribution is 0.0827. The quantitative estimate of drug-likeness (QED) is 0.599. The summed E-state index contributed by atoms with van der Waals surface area (Å²) in [4.78, 5) is 25.9. The molecule has 0 atom stereocenters. The van der Waals surface area contributed by atoms with Crippen LogP contribution < -0.4 is 5.73 Å². The Balaban J connectivity index is 0.00000341. The molecule has 0 spiro atoms. The highest BCUT2D eigenvalue weighted by Crippen LogP contribution is 2.38. The molecule has 0 radical (unpaired) electrons. The number of nitrogens with two attached hydrogens (primary N) is 1. The topological polar surface area (TPSA) is 88.6 Å². The molecule has 3 rings (SSSR count). The summed E-state index contributed by atoms with van der Waals surface area (Å²) in [5.74, 6) is -0.540. The lowest BCUT2D eigenvalue weighted by Crippen LogP contribution is -2.21. The van der Waals surface area contributed by atoms with Crippen molar-refractivity contribution < 1.29 is 19.1 Å². The molecule has 0 fully saturated rings. The second kappa shape index (κ2) is 9.76. The van der Waals surface area contributed by atoms with Gasteiger partial charge < -0.3 is 15.7 Å². The largest absolute Gasteiger partial charge is 0.464 e. The van der Waals surface area contributed by atoms with Crippen LogP contribution >= 0.6 is 12.4 Å². The number of halogens is 2. The first-order chi connectivity index (χ1) is 14.3. The molecule has 0 aliphatic carbocycles. The van der Waals surface area contributed by atoms with Gasteiger partial charge in [-0.25, -0.2) is 13.8 Å². The summed E-state index contributed by atoms with van der Waals surface area (Å²) >= 11 is 0. The molecule has 2 aromatic carbocycles. The van der Waals surface area contributed by atoms with E-state index in [4.69, 9.17) is 5.73 Å². The van der Waals surface area contributed by atoms with Crippen molar-refractivity contribution in [1.29, 1.82) is 0 Å². The van der Waals surface area contributed by atoms with E-state index in [9.17, 15) is 19.1 Å². The number of allylic oxidation sites excluding steroid dienone is 1. The fourth-order valence-electron chi connectivity index (χ4n) is 3.73. The minimum atomic E-state index is -1.13. The summed E-state index contributed by atoms with van der Waals surface area (Å²) in [7, 11) is 3.34. The first-order valence-corrected chi connectivity index (χ1v) is 9.49. The molecule has 164 valence electrons. The van der Waals surface area contributed by atoms with Crippen molar-refractivity contribution in [2.24, 2.45) is 5.73 Å². The summed E-state index contributed by atoms with van der Waals surface area (Å²) in [5.41, 5.74) is 8.89. The third kappa shape index (κ3) is 4.62. The second-order valence-electron chi connectivity index (χ2n) is 7.23. The molecular weight excluding hydrogens is 421 g/mol. The Labute approximate surface area is 186 Å². The standard InChI is InChI=1S/C23H24FN3O3.ClH/c1-14-20(15-6-4-8-17(12-15)22(28)26(2)3)21-16(13-18(24)10-11-25)7-5-9-19(21)27(14)23(29)30;/h4-10,12H,11,13,25H2,1-3H3,(H,29,30);1H. The van der Waals surface area contributed by atoms with Gasteiger partial charge in [0, 0.05) is 49.3 Å². The van der Waals surface area contributed by atoms with Crippen LogP contribution in [0, 0.1) is 6.92 Å². The van der Waals surface area contributed by atoms with Crippen LogP contribution in [0.2, 0.25) is 0 Å². The zero-order valence-corrected chi connectivity index (χ0v) is 18.4. The fraction of sp³-hybridized carbons (Fsp3) is 0.217. The molecule has 6 nitrogen and oxygen atoms in total. The van der Waals surface area contributed by atoms with Crippen molar-refractivity contribution >= 4 is 35.3 Å². The smallest absolute Gasteiger partial charge is 0.416 e. The number of benzene rings is 2. The first kappa shape index (κ1) is 24.1. The second-order valence-corrected chi connectivity index (χ2v) is 7.23. The van der Waals surface area contributed by atoms with E-state index < -0.39 is 6.09 Å². The number of amides is 1. The van der Waals surface area contributed by atoms with Gasteiger partial charge in [-0.3, -0.25) is 4.79 Å². The molecule has 0 aliphatic rings. The van der Waals surface area contributed by atoms with Crippen LogP contribution in [-0.4, -0.2) is 47.2 Å². The van der Waals surface area contributed by atoms with Gasteiger partial charge in [-0.15, -0.1) is 12.4 Å². The molecule has 0 unspecified atom stereocenters. The summed E-state index contributed by atoms with van der Waals surface area (Å²) < 4.78 is 15.5. The molecular formula is C23H25ClFN3O3. The van der Waals surface area contributed by atoms with Crippen molar-refractivity contribution in [3.63, 3.8) is 0 Å². The minimum Gasteiger partial charge on any atom is -0.464 e. The molecule has 1 amide bonds. The van der Waals surface area contributed by atoms with E-state index in [0.717, 1.165) is 0 Å². The summed E-state index contributed by atoms with van der Waals surface area (Å²) in [6.45, 7) is 1.79. The van der Waals surface area contributed by atoms with Gasteiger partial charge in [0.25, 0.3) is 5.91 Å². The molecule has 3 aromatic rings. The van der Waals surface area contributed by atoms with Gasteiger partial charge in [0.15, 0.2) is 0 Å². The van der Waals surface area contributed by atoms with E-state index in [1.807, 2.05) is 6.07 Å². The van der Waals surface area contributed by atoms with Crippen LogP contribution in [0.5, 0.6) is 0 Å². The Hall–Kier alpha value is -3.16. The lowest BCUT2D eigenvalue weighted by Gasteiger charge is -2.12. The predicted octanol–water partition coefficient (Wildman–Crippen LogP) is 4.62.